The number of benzene rings is 1. The van der Waals surface area contributed by atoms with Crippen LogP contribution in [0.4, 0.5) is 5.69 Å². The van der Waals surface area contributed by atoms with E-state index in [2.05, 4.69) is 49.9 Å². The number of unbranched alkanes of at least 4 members (excludes halogenated alkanes) is 6. The van der Waals surface area contributed by atoms with Crippen molar-refractivity contribution in [2.75, 3.05) is 25.1 Å². The third-order valence-electron chi connectivity index (χ3n) is 4.05. The number of ether oxygens (including phenoxy) is 1. The number of methoxy groups -OCH3 is 1. The summed E-state index contributed by atoms with van der Waals surface area (Å²) < 4.78 is 5.26. The van der Waals surface area contributed by atoms with Crippen LogP contribution >= 0.6 is 0 Å². The van der Waals surface area contributed by atoms with Crippen molar-refractivity contribution in [3.63, 3.8) is 0 Å². The third kappa shape index (κ3) is 7.72. The van der Waals surface area contributed by atoms with E-state index in [0.29, 0.717) is 5.92 Å². The van der Waals surface area contributed by atoms with Gasteiger partial charge >= 0.3 is 0 Å². The van der Waals surface area contributed by atoms with Gasteiger partial charge in [-0.15, -0.1) is 0 Å². The summed E-state index contributed by atoms with van der Waals surface area (Å²) in [6.45, 7) is 9.15. The smallest absolute Gasteiger partial charge is 0.119 e. The highest BCUT2D eigenvalue weighted by Crippen LogP contribution is 2.21. The first-order chi connectivity index (χ1) is 10.7. The van der Waals surface area contributed by atoms with Crippen LogP contribution in [0, 0.1) is 5.92 Å². The van der Waals surface area contributed by atoms with Gasteiger partial charge in [0, 0.05) is 18.8 Å². The van der Waals surface area contributed by atoms with Gasteiger partial charge in [0.05, 0.1) is 7.11 Å². The molecular weight excluding hydrogens is 270 g/mol. The van der Waals surface area contributed by atoms with Crippen LogP contribution in [0.25, 0.3) is 0 Å². The molecule has 2 nitrogen and oxygen atoms in total. The molecule has 0 aliphatic rings. The molecule has 2 heteroatoms. The fourth-order valence-corrected chi connectivity index (χ4v) is 2.82. The molecule has 0 saturated heterocycles. The normalized spacial score (nSPS) is 11.0. The maximum atomic E-state index is 5.26. The molecule has 0 N–H and O–H groups in total. The van der Waals surface area contributed by atoms with E-state index in [0.717, 1.165) is 18.8 Å². The van der Waals surface area contributed by atoms with Gasteiger partial charge in [0.1, 0.15) is 5.75 Å². The van der Waals surface area contributed by atoms with Crippen molar-refractivity contribution in [3.05, 3.63) is 24.3 Å². The Bertz CT molecular complexity index is 372. The van der Waals surface area contributed by atoms with Gasteiger partial charge in [-0.05, 0) is 36.6 Å². The Kier molecular flexibility index (Phi) is 9.77. The molecule has 0 heterocycles. The first-order valence-electron chi connectivity index (χ1n) is 9.06. The van der Waals surface area contributed by atoms with E-state index in [9.17, 15) is 0 Å². The lowest BCUT2D eigenvalue weighted by Crippen LogP contribution is -2.28. The zero-order valence-electron chi connectivity index (χ0n) is 15.1. The minimum atomic E-state index is 0.687. The largest absolute Gasteiger partial charge is 0.497 e. The molecule has 0 aromatic heterocycles. The average molecular weight is 306 g/mol. The van der Waals surface area contributed by atoms with Gasteiger partial charge in [-0.2, -0.15) is 0 Å². The van der Waals surface area contributed by atoms with E-state index in [1.807, 2.05) is 0 Å². The van der Waals surface area contributed by atoms with E-state index >= 15 is 0 Å². The molecule has 1 aromatic carbocycles. The lowest BCUT2D eigenvalue weighted by molar-refractivity contribution is 0.415. The maximum absolute atomic E-state index is 5.26. The highest BCUT2D eigenvalue weighted by molar-refractivity contribution is 5.49. The standard InChI is InChI=1S/C20H35NO/c1-5-6-7-8-9-10-11-16-21(17-18(2)3)19-12-14-20(22-4)15-13-19/h12-15,18H,5-11,16-17H2,1-4H3. The Morgan fingerprint density at radius 3 is 2.05 bits per heavy atom. The van der Waals surface area contributed by atoms with Crippen LogP contribution in [0.3, 0.4) is 0 Å². The maximum Gasteiger partial charge on any atom is 0.119 e. The summed E-state index contributed by atoms with van der Waals surface area (Å²) in [7, 11) is 1.72. The van der Waals surface area contributed by atoms with Gasteiger partial charge in [0.25, 0.3) is 0 Å². The van der Waals surface area contributed by atoms with Crippen molar-refractivity contribution in [2.45, 2.75) is 65.7 Å². The van der Waals surface area contributed by atoms with Gasteiger partial charge in [0.2, 0.25) is 0 Å². The molecule has 0 aliphatic carbocycles. The Hall–Kier alpha value is -1.18. The number of anilines is 1. The van der Waals surface area contributed by atoms with Crippen LogP contribution in [-0.4, -0.2) is 20.2 Å². The molecule has 0 aliphatic heterocycles. The summed E-state index contributed by atoms with van der Waals surface area (Å²) in [5.41, 5.74) is 1.32. The topological polar surface area (TPSA) is 12.5 Å². The predicted octanol–water partition coefficient (Wildman–Crippen LogP) is 5.91. The molecule has 0 spiro atoms. The van der Waals surface area contributed by atoms with Crippen molar-refractivity contribution >= 4 is 5.69 Å². The molecule has 1 rings (SSSR count). The van der Waals surface area contributed by atoms with Gasteiger partial charge in [-0.25, -0.2) is 0 Å². The second-order valence-electron chi connectivity index (χ2n) is 6.66. The van der Waals surface area contributed by atoms with E-state index in [1.165, 1.54) is 50.6 Å². The molecule has 0 bridgehead atoms. The van der Waals surface area contributed by atoms with Crippen molar-refractivity contribution in [1.82, 2.24) is 0 Å². The summed E-state index contributed by atoms with van der Waals surface area (Å²) in [4.78, 5) is 2.52. The van der Waals surface area contributed by atoms with Crippen LogP contribution in [0.5, 0.6) is 5.75 Å². The molecular formula is C20H35NO. The number of nitrogens with zero attached hydrogens (tertiary/aromatic N) is 1. The minimum Gasteiger partial charge on any atom is -0.497 e. The molecule has 0 fully saturated rings. The highest BCUT2D eigenvalue weighted by Gasteiger charge is 2.08. The lowest BCUT2D eigenvalue weighted by Gasteiger charge is -2.27. The first-order valence-corrected chi connectivity index (χ1v) is 9.06. The number of hydrogen-bond acceptors (Lipinski definition) is 2. The summed E-state index contributed by atoms with van der Waals surface area (Å²) >= 11 is 0. The van der Waals surface area contributed by atoms with E-state index in [4.69, 9.17) is 4.74 Å². The molecule has 0 atom stereocenters. The monoisotopic (exact) mass is 305 g/mol. The average Bonchev–Trinajstić information content (AvgIpc) is 2.52. The van der Waals surface area contributed by atoms with Crippen LogP contribution in [-0.2, 0) is 0 Å². The summed E-state index contributed by atoms with van der Waals surface area (Å²) in [5, 5.41) is 0. The van der Waals surface area contributed by atoms with Crippen LogP contribution in [0.1, 0.15) is 65.7 Å². The zero-order valence-corrected chi connectivity index (χ0v) is 15.1. The van der Waals surface area contributed by atoms with Gasteiger partial charge in [0.15, 0.2) is 0 Å². The van der Waals surface area contributed by atoms with Crippen molar-refractivity contribution in [1.29, 1.82) is 0 Å². The van der Waals surface area contributed by atoms with Gasteiger partial charge in [-0.1, -0.05) is 59.3 Å². The fraction of sp³-hybridized carbons (Fsp3) is 0.700. The number of rotatable bonds is 12. The van der Waals surface area contributed by atoms with Crippen LogP contribution in [0.2, 0.25) is 0 Å². The molecule has 126 valence electrons. The van der Waals surface area contributed by atoms with E-state index in [1.54, 1.807) is 7.11 Å². The Labute approximate surface area is 137 Å². The molecule has 0 unspecified atom stereocenters. The molecule has 1 aromatic rings. The minimum absolute atomic E-state index is 0.687. The zero-order chi connectivity index (χ0) is 16.2. The van der Waals surface area contributed by atoms with Crippen molar-refractivity contribution < 1.29 is 4.74 Å². The van der Waals surface area contributed by atoms with Crippen molar-refractivity contribution in [3.8, 4) is 5.75 Å². The quantitative estimate of drug-likeness (QED) is 0.445. The second kappa shape index (κ2) is 11.4. The molecule has 22 heavy (non-hydrogen) atoms. The van der Waals surface area contributed by atoms with Gasteiger partial charge < -0.3 is 9.64 Å². The SMILES string of the molecule is CCCCCCCCCN(CC(C)C)c1ccc(OC)cc1. The highest BCUT2D eigenvalue weighted by atomic mass is 16.5. The molecule has 0 radical (unpaired) electrons. The van der Waals surface area contributed by atoms with Crippen molar-refractivity contribution in [2.24, 2.45) is 5.92 Å². The van der Waals surface area contributed by atoms with Gasteiger partial charge in [-0.3, -0.25) is 0 Å². The molecule has 0 amide bonds. The van der Waals surface area contributed by atoms with Crippen LogP contribution in [0.15, 0.2) is 24.3 Å². The predicted molar refractivity (Wildman–Crippen MR) is 98.0 cm³/mol. The molecule has 0 saturated carbocycles. The Morgan fingerprint density at radius 1 is 0.909 bits per heavy atom. The second-order valence-corrected chi connectivity index (χ2v) is 6.66. The Balaban J connectivity index is 2.40. The number of hydrogen-bond donors (Lipinski definition) is 0. The van der Waals surface area contributed by atoms with E-state index in [-0.39, 0.29) is 0 Å². The first kappa shape index (κ1) is 18.9. The summed E-state index contributed by atoms with van der Waals surface area (Å²) in [5.74, 6) is 1.62. The van der Waals surface area contributed by atoms with Crippen LogP contribution < -0.4 is 9.64 Å². The Morgan fingerprint density at radius 2 is 1.50 bits per heavy atom. The third-order valence-corrected chi connectivity index (χ3v) is 4.05. The fourth-order valence-electron chi connectivity index (χ4n) is 2.82. The summed E-state index contributed by atoms with van der Waals surface area (Å²) in [6.07, 6.45) is 9.58. The summed E-state index contributed by atoms with van der Waals surface area (Å²) in [6, 6.07) is 8.49. The lowest BCUT2D eigenvalue weighted by atomic mass is 10.1. The van der Waals surface area contributed by atoms with E-state index < -0.39 is 0 Å².